The minimum absolute atomic E-state index is 0.0871. The summed E-state index contributed by atoms with van der Waals surface area (Å²) in [5.41, 5.74) is -1.88. The van der Waals surface area contributed by atoms with Crippen LogP contribution in [0.25, 0.3) is 5.82 Å². The molecule has 0 fully saturated rings. The summed E-state index contributed by atoms with van der Waals surface area (Å²) in [6.45, 7) is 0. The molecule has 106 valence electrons. The van der Waals surface area contributed by atoms with Crippen molar-refractivity contribution < 1.29 is 13.2 Å². The van der Waals surface area contributed by atoms with Gasteiger partial charge in [-0.25, -0.2) is 4.98 Å². The molecule has 0 aromatic carbocycles. The van der Waals surface area contributed by atoms with Crippen LogP contribution in [0.4, 0.5) is 13.2 Å². The molecule has 0 spiro atoms. The summed E-state index contributed by atoms with van der Waals surface area (Å²) in [7, 11) is 0. The van der Waals surface area contributed by atoms with Crippen LogP contribution < -0.4 is 5.56 Å². The third-order valence-electron chi connectivity index (χ3n) is 2.23. The Morgan fingerprint density at radius 3 is 2.30 bits per heavy atom. The van der Waals surface area contributed by atoms with Gasteiger partial charge >= 0.3 is 6.18 Å². The molecule has 0 atom stereocenters. The van der Waals surface area contributed by atoms with Crippen LogP contribution in [0.1, 0.15) is 5.56 Å². The molecule has 10 heteroatoms. The van der Waals surface area contributed by atoms with Gasteiger partial charge in [0, 0.05) is 6.20 Å². The lowest BCUT2D eigenvalue weighted by Gasteiger charge is -2.10. The van der Waals surface area contributed by atoms with Crippen LogP contribution >= 0.6 is 34.8 Å². The largest absolute Gasteiger partial charge is 0.417 e. The van der Waals surface area contributed by atoms with Crippen molar-refractivity contribution in [3.8, 4) is 5.82 Å². The summed E-state index contributed by atoms with van der Waals surface area (Å²) in [6, 6.07) is 0.639. The number of nitrogens with zero attached hydrogens (tertiary/aromatic N) is 3. The summed E-state index contributed by atoms with van der Waals surface area (Å²) in [4.78, 5) is 15.3. The van der Waals surface area contributed by atoms with Gasteiger partial charge in [-0.05, 0) is 6.07 Å². The molecule has 0 aliphatic rings. The lowest BCUT2D eigenvalue weighted by molar-refractivity contribution is -0.137. The van der Waals surface area contributed by atoms with E-state index in [2.05, 4.69) is 10.1 Å². The average Bonchev–Trinajstić information content (AvgIpc) is 2.36. The fourth-order valence-corrected chi connectivity index (χ4v) is 1.80. The number of halogens is 6. The highest BCUT2D eigenvalue weighted by Gasteiger charge is 2.32. The van der Waals surface area contributed by atoms with Crippen molar-refractivity contribution in [1.29, 1.82) is 0 Å². The number of rotatable bonds is 1. The van der Waals surface area contributed by atoms with E-state index in [4.69, 9.17) is 34.8 Å². The standard InChI is InChI=1S/C10H3Cl3F3N3O/c11-5-1-4(10(14,15)16)2-17-8(5)19-9(20)7(13)6(12)3-18-19/h1-3H. The van der Waals surface area contributed by atoms with Crippen LogP contribution in [0.5, 0.6) is 0 Å². The second-order valence-corrected chi connectivity index (χ2v) is 4.74. The predicted molar refractivity (Wildman–Crippen MR) is 67.7 cm³/mol. The number of hydrogen-bond donors (Lipinski definition) is 0. The Bertz CT molecular complexity index is 730. The van der Waals surface area contributed by atoms with Gasteiger partial charge in [0.25, 0.3) is 5.56 Å². The van der Waals surface area contributed by atoms with Crippen molar-refractivity contribution in [3.63, 3.8) is 0 Å². The van der Waals surface area contributed by atoms with Gasteiger partial charge in [-0.3, -0.25) is 4.79 Å². The van der Waals surface area contributed by atoms with Crippen molar-refractivity contribution in [1.82, 2.24) is 14.8 Å². The molecular weight excluding hydrogens is 341 g/mol. The minimum atomic E-state index is -4.59. The van der Waals surface area contributed by atoms with E-state index < -0.39 is 22.3 Å². The Labute approximate surface area is 124 Å². The number of alkyl halides is 3. The van der Waals surface area contributed by atoms with Crippen LogP contribution in [-0.4, -0.2) is 14.8 Å². The lowest BCUT2D eigenvalue weighted by Crippen LogP contribution is -2.23. The molecule has 0 radical (unpaired) electrons. The SMILES string of the molecule is O=c1c(Cl)c(Cl)cnn1-c1ncc(C(F)(F)F)cc1Cl. The highest BCUT2D eigenvalue weighted by molar-refractivity contribution is 6.41. The highest BCUT2D eigenvalue weighted by atomic mass is 35.5. The van der Waals surface area contributed by atoms with Crippen molar-refractivity contribution in [2.75, 3.05) is 0 Å². The van der Waals surface area contributed by atoms with Gasteiger partial charge < -0.3 is 0 Å². The average molecular weight is 345 g/mol. The van der Waals surface area contributed by atoms with Crippen molar-refractivity contribution in [3.05, 3.63) is 49.4 Å². The highest BCUT2D eigenvalue weighted by Crippen LogP contribution is 2.31. The van der Waals surface area contributed by atoms with E-state index in [1.54, 1.807) is 0 Å². The quantitative estimate of drug-likeness (QED) is 0.794. The van der Waals surface area contributed by atoms with Gasteiger partial charge in [-0.1, -0.05) is 34.8 Å². The van der Waals surface area contributed by atoms with E-state index in [9.17, 15) is 18.0 Å². The molecule has 0 aliphatic heterocycles. The number of hydrogen-bond acceptors (Lipinski definition) is 3. The molecule has 0 aliphatic carbocycles. The molecule has 4 nitrogen and oxygen atoms in total. The zero-order valence-corrected chi connectivity index (χ0v) is 11.5. The lowest BCUT2D eigenvalue weighted by atomic mass is 10.3. The van der Waals surface area contributed by atoms with E-state index in [1.807, 2.05) is 0 Å². The Morgan fingerprint density at radius 2 is 1.75 bits per heavy atom. The van der Waals surface area contributed by atoms with Gasteiger partial charge in [0.15, 0.2) is 5.82 Å². The van der Waals surface area contributed by atoms with Gasteiger partial charge in [-0.2, -0.15) is 23.0 Å². The summed E-state index contributed by atoms with van der Waals surface area (Å²) >= 11 is 16.9. The van der Waals surface area contributed by atoms with Crippen LogP contribution in [0.2, 0.25) is 15.1 Å². The van der Waals surface area contributed by atoms with Crippen molar-refractivity contribution in [2.24, 2.45) is 0 Å². The monoisotopic (exact) mass is 343 g/mol. The molecule has 20 heavy (non-hydrogen) atoms. The normalized spacial score (nSPS) is 11.7. The maximum Gasteiger partial charge on any atom is 0.417 e. The molecule has 0 bridgehead atoms. The molecule has 0 amide bonds. The molecular formula is C10H3Cl3F3N3O. The second kappa shape index (κ2) is 5.23. The van der Waals surface area contributed by atoms with Gasteiger partial charge in [0.2, 0.25) is 0 Å². The fourth-order valence-electron chi connectivity index (χ4n) is 1.31. The molecule has 2 aromatic rings. The van der Waals surface area contributed by atoms with Gasteiger partial charge in [0.05, 0.1) is 21.8 Å². The number of pyridine rings is 1. The Kier molecular flexibility index (Phi) is 3.95. The maximum atomic E-state index is 12.5. The van der Waals surface area contributed by atoms with Crippen LogP contribution in [0.3, 0.4) is 0 Å². The molecule has 2 heterocycles. The van der Waals surface area contributed by atoms with Gasteiger partial charge in [0.1, 0.15) is 5.02 Å². The van der Waals surface area contributed by atoms with Crippen LogP contribution in [0.15, 0.2) is 23.3 Å². The maximum absolute atomic E-state index is 12.5. The summed E-state index contributed by atoms with van der Waals surface area (Å²) in [5.74, 6) is -0.275. The van der Waals surface area contributed by atoms with Crippen LogP contribution in [0, 0.1) is 0 Å². The Balaban J connectivity index is 2.61. The Morgan fingerprint density at radius 1 is 1.10 bits per heavy atom. The van der Waals surface area contributed by atoms with E-state index in [0.29, 0.717) is 16.9 Å². The molecule has 2 rings (SSSR count). The first kappa shape index (κ1) is 15.1. The smallest absolute Gasteiger partial charge is 0.266 e. The molecule has 0 saturated heterocycles. The third kappa shape index (κ3) is 2.74. The summed E-state index contributed by atoms with van der Waals surface area (Å²) in [5, 5.41) is 2.80. The summed E-state index contributed by atoms with van der Waals surface area (Å²) in [6.07, 6.45) is -3.00. The molecule has 2 aromatic heterocycles. The number of aromatic nitrogens is 3. The van der Waals surface area contributed by atoms with E-state index in [-0.39, 0.29) is 15.9 Å². The minimum Gasteiger partial charge on any atom is -0.266 e. The first-order valence-electron chi connectivity index (χ1n) is 4.88. The Hall–Kier alpha value is -1.31. The second-order valence-electron chi connectivity index (χ2n) is 3.55. The van der Waals surface area contributed by atoms with E-state index >= 15 is 0 Å². The van der Waals surface area contributed by atoms with Gasteiger partial charge in [-0.15, -0.1) is 0 Å². The van der Waals surface area contributed by atoms with Crippen molar-refractivity contribution in [2.45, 2.75) is 6.18 Å². The van der Waals surface area contributed by atoms with E-state index in [0.717, 1.165) is 6.20 Å². The predicted octanol–water partition coefficient (Wildman–Crippen LogP) is 3.61. The molecule has 0 N–H and O–H groups in total. The zero-order valence-electron chi connectivity index (χ0n) is 9.25. The zero-order chi connectivity index (χ0) is 15.1. The molecule has 0 saturated carbocycles. The fraction of sp³-hybridized carbons (Fsp3) is 0.100. The summed E-state index contributed by atoms with van der Waals surface area (Å²) < 4.78 is 38.1. The first-order chi connectivity index (χ1) is 9.21. The van der Waals surface area contributed by atoms with Crippen LogP contribution in [-0.2, 0) is 6.18 Å². The third-order valence-corrected chi connectivity index (χ3v) is 3.25. The molecule has 0 unspecified atom stereocenters. The first-order valence-corrected chi connectivity index (χ1v) is 6.01. The van der Waals surface area contributed by atoms with Crippen molar-refractivity contribution >= 4 is 34.8 Å². The topological polar surface area (TPSA) is 47.8 Å². The van der Waals surface area contributed by atoms with E-state index in [1.165, 1.54) is 0 Å².